The van der Waals surface area contributed by atoms with Crippen molar-refractivity contribution in [1.29, 1.82) is 0 Å². The summed E-state index contributed by atoms with van der Waals surface area (Å²) in [6, 6.07) is 6.01. The van der Waals surface area contributed by atoms with E-state index in [0.29, 0.717) is 11.6 Å². The maximum atomic E-state index is 5.92. The molecule has 0 unspecified atom stereocenters. The molecule has 5 heteroatoms. The summed E-state index contributed by atoms with van der Waals surface area (Å²) in [5.41, 5.74) is 6.75. The van der Waals surface area contributed by atoms with Crippen LogP contribution in [0, 0.1) is 0 Å². The van der Waals surface area contributed by atoms with Gasteiger partial charge in [0.1, 0.15) is 17.3 Å². The summed E-state index contributed by atoms with van der Waals surface area (Å²) in [7, 11) is 0. The fourth-order valence-corrected chi connectivity index (χ4v) is 3.56. The van der Waals surface area contributed by atoms with Crippen molar-refractivity contribution in [3.63, 3.8) is 0 Å². The van der Waals surface area contributed by atoms with Crippen molar-refractivity contribution in [3.05, 3.63) is 23.8 Å². The molecule has 0 radical (unpaired) electrons. The van der Waals surface area contributed by atoms with E-state index in [2.05, 4.69) is 17.9 Å². The van der Waals surface area contributed by atoms with E-state index < -0.39 is 0 Å². The Hall–Kier alpha value is -0.780. The van der Waals surface area contributed by atoms with Crippen molar-refractivity contribution in [2.45, 2.75) is 24.7 Å². The highest BCUT2D eigenvalue weighted by Gasteiger charge is 2.14. The van der Waals surface area contributed by atoms with Gasteiger partial charge in [-0.1, -0.05) is 25.2 Å². The van der Waals surface area contributed by atoms with Crippen LogP contribution in [0.2, 0.25) is 0 Å². The summed E-state index contributed by atoms with van der Waals surface area (Å²) in [5.74, 6) is 1.81. The van der Waals surface area contributed by atoms with Gasteiger partial charge in [-0.05, 0) is 43.8 Å². The van der Waals surface area contributed by atoms with Crippen LogP contribution in [0.4, 0.5) is 0 Å². The van der Waals surface area contributed by atoms with Crippen LogP contribution in [0.25, 0.3) is 0 Å². The van der Waals surface area contributed by atoms with Crippen molar-refractivity contribution >= 4 is 29.0 Å². The molecule has 0 amide bonds. The topological polar surface area (TPSA) is 38.5 Å². The normalized spacial score (nSPS) is 15.4. The van der Waals surface area contributed by atoms with Gasteiger partial charge in [0.15, 0.2) is 0 Å². The Morgan fingerprint density at radius 2 is 2.15 bits per heavy atom. The zero-order valence-electron chi connectivity index (χ0n) is 11.9. The number of ether oxygens (including phenoxy) is 1. The Balaban J connectivity index is 2.01. The highest BCUT2D eigenvalue weighted by molar-refractivity contribution is 7.99. The molecule has 0 spiro atoms. The zero-order chi connectivity index (χ0) is 14.4. The van der Waals surface area contributed by atoms with Crippen LogP contribution in [0.1, 0.15) is 25.3 Å². The molecule has 1 aromatic rings. The van der Waals surface area contributed by atoms with E-state index >= 15 is 0 Å². The molecule has 0 atom stereocenters. The molecule has 1 fully saturated rings. The molecule has 20 heavy (non-hydrogen) atoms. The van der Waals surface area contributed by atoms with Gasteiger partial charge in [0.25, 0.3) is 0 Å². The first-order valence-electron chi connectivity index (χ1n) is 7.13. The molecule has 2 rings (SSSR count). The van der Waals surface area contributed by atoms with Gasteiger partial charge in [-0.3, -0.25) is 4.90 Å². The van der Waals surface area contributed by atoms with E-state index in [-0.39, 0.29) is 0 Å². The number of thiocarbonyl (C=S) groups is 1. The molecule has 1 aliphatic heterocycles. The fourth-order valence-electron chi connectivity index (χ4n) is 2.44. The predicted molar refractivity (Wildman–Crippen MR) is 89.9 cm³/mol. The van der Waals surface area contributed by atoms with Gasteiger partial charge in [0.2, 0.25) is 0 Å². The first-order chi connectivity index (χ1) is 9.72. The molecule has 1 saturated heterocycles. The highest BCUT2D eigenvalue weighted by atomic mass is 32.2. The summed E-state index contributed by atoms with van der Waals surface area (Å²) in [4.78, 5) is 3.96. The quantitative estimate of drug-likeness (QED) is 0.619. The second-order valence-corrected chi connectivity index (χ2v) is 6.57. The van der Waals surface area contributed by atoms with Gasteiger partial charge in [0.05, 0.1) is 5.56 Å². The number of benzene rings is 1. The van der Waals surface area contributed by atoms with Gasteiger partial charge in [-0.15, -0.1) is 11.8 Å². The number of nitrogens with two attached hydrogens (primary N) is 1. The minimum atomic E-state index is 0.415. The zero-order valence-corrected chi connectivity index (χ0v) is 13.6. The van der Waals surface area contributed by atoms with Crippen LogP contribution >= 0.6 is 24.0 Å². The number of hydrogen-bond donors (Lipinski definition) is 1. The Labute approximate surface area is 130 Å². The second kappa shape index (κ2) is 7.86. The molecule has 110 valence electrons. The van der Waals surface area contributed by atoms with E-state index in [1.165, 1.54) is 25.9 Å². The third-order valence-electron chi connectivity index (χ3n) is 3.40. The average Bonchev–Trinajstić information content (AvgIpc) is 2.92. The third kappa shape index (κ3) is 4.11. The standard InChI is InChI=1S/C15H22N2OS2/c1-2-20-13-7-5-6-12(14(13)15(16)19)18-11-10-17-8-3-4-9-17/h5-7H,2-4,8-11H2,1H3,(H2,16,19). The van der Waals surface area contributed by atoms with Gasteiger partial charge in [0, 0.05) is 11.4 Å². The van der Waals surface area contributed by atoms with Crippen LogP contribution in [0.3, 0.4) is 0 Å². The minimum absolute atomic E-state index is 0.415. The van der Waals surface area contributed by atoms with Gasteiger partial charge in [-0.25, -0.2) is 0 Å². The lowest BCUT2D eigenvalue weighted by molar-refractivity contribution is 0.237. The van der Waals surface area contributed by atoms with Crippen LogP contribution in [-0.4, -0.2) is 41.9 Å². The van der Waals surface area contributed by atoms with Crippen LogP contribution in [0.15, 0.2) is 23.1 Å². The second-order valence-electron chi connectivity index (χ2n) is 4.82. The van der Waals surface area contributed by atoms with Crippen molar-refractivity contribution in [2.75, 3.05) is 32.0 Å². The lowest BCUT2D eigenvalue weighted by Gasteiger charge is -2.17. The van der Waals surface area contributed by atoms with Crippen molar-refractivity contribution in [2.24, 2.45) is 5.73 Å². The number of thioether (sulfide) groups is 1. The molecule has 0 bridgehead atoms. The summed E-state index contributed by atoms with van der Waals surface area (Å²) in [6.07, 6.45) is 2.61. The van der Waals surface area contributed by atoms with E-state index in [4.69, 9.17) is 22.7 Å². The molecule has 1 heterocycles. The molecule has 0 aromatic heterocycles. The van der Waals surface area contributed by atoms with E-state index in [0.717, 1.165) is 28.5 Å². The van der Waals surface area contributed by atoms with E-state index in [1.807, 2.05) is 12.1 Å². The summed E-state index contributed by atoms with van der Waals surface area (Å²) < 4.78 is 5.92. The number of rotatable bonds is 7. The SMILES string of the molecule is CCSc1cccc(OCCN2CCCC2)c1C(N)=S. The molecule has 2 N–H and O–H groups in total. The molecular formula is C15H22N2OS2. The maximum Gasteiger partial charge on any atom is 0.130 e. The van der Waals surface area contributed by atoms with Crippen LogP contribution < -0.4 is 10.5 Å². The fraction of sp³-hybridized carbons (Fsp3) is 0.533. The van der Waals surface area contributed by atoms with Gasteiger partial charge in [-0.2, -0.15) is 0 Å². The molecule has 1 aromatic carbocycles. The monoisotopic (exact) mass is 310 g/mol. The summed E-state index contributed by atoms with van der Waals surface area (Å²) in [6.45, 7) is 6.17. The van der Waals surface area contributed by atoms with Crippen molar-refractivity contribution in [3.8, 4) is 5.75 Å². The number of likely N-dealkylation sites (tertiary alicyclic amines) is 1. The predicted octanol–water partition coefficient (Wildman–Crippen LogP) is 2.91. The Morgan fingerprint density at radius 1 is 1.40 bits per heavy atom. The van der Waals surface area contributed by atoms with Crippen LogP contribution in [-0.2, 0) is 0 Å². The smallest absolute Gasteiger partial charge is 0.130 e. The Morgan fingerprint density at radius 3 is 2.80 bits per heavy atom. The molecular weight excluding hydrogens is 288 g/mol. The Bertz CT molecular complexity index is 459. The van der Waals surface area contributed by atoms with E-state index in [9.17, 15) is 0 Å². The first-order valence-corrected chi connectivity index (χ1v) is 8.52. The Kier molecular flexibility index (Phi) is 6.13. The van der Waals surface area contributed by atoms with Crippen molar-refractivity contribution < 1.29 is 4.74 Å². The van der Waals surface area contributed by atoms with Gasteiger partial charge >= 0.3 is 0 Å². The molecule has 0 aliphatic carbocycles. The molecule has 0 saturated carbocycles. The maximum absolute atomic E-state index is 5.92. The highest BCUT2D eigenvalue weighted by Crippen LogP contribution is 2.30. The number of hydrogen-bond acceptors (Lipinski definition) is 4. The average molecular weight is 310 g/mol. The largest absolute Gasteiger partial charge is 0.491 e. The minimum Gasteiger partial charge on any atom is -0.491 e. The molecule has 1 aliphatic rings. The van der Waals surface area contributed by atoms with Gasteiger partial charge < -0.3 is 10.5 Å². The van der Waals surface area contributed by atoms with Crippen molar-refractivity contribution in [1.82, 2.24) is 4.90 Å². The van der Waals surface area contributed by atoms with Crippen LogP contribution in [0.5, 0.6) is 5.75 Å². The van der Waals surface area contributed by atoms with E-state index in [1.54, 1.807) is 11.8 Å². The summed E-state index contributed by atoms with van der Waals surface area (Å²) >= 11 is 6.93. The third-order valence-corrected chi connectivity index (χ3v) is 4.54. The lowest BCUT2D eigenvalue weighted by atomic mass is 10.2. The lowest BCUT2D eigenvalue weighted by Crippen LogP contribution is -2.25. The number of nitrogens with zero attached hydrogens (tertiary/aromatic N) is 1. The molecule has 3 nitrogen and oxygen atoms in total. The first kappa shape index (κ1) is 15.6. The summed E-state index contributed by atoms with van der Waals surface area (Å²) in [5, 5.41) is 0.